The number of carbonyl (C=O) groups is 1. The normalized spacial score (nSPS) is 16.8. The van der Waals surface area contributed by atoms with Crippen LogP contribution < -0.4 is 5.32 Å². The van der Waals surface area contributed by atoms with E-state index < -0.39 is 0 Å². The molecule has 1 N–H and O–H groups in total. The average Bonchev–Trinajstić information content (AvgIpc) is 3.55. The Kier molecular flexibility index (Phi) is 7.77. The number of nitrogens with one attached hydrogen (secondary N) is 1. The number of hydrogen-bond donors (Lipinski definition) is 1. The van der Waals surface area contributed by atoms with Gasteiger partial charge in [0.05, 0.1) is 17.9 Å². The molecule has 33 heavy (non-hydrogen) atoms. The molecule has 2 unspecified atom stereocenters. The maximum Gasteiger partial charge on any atom is 0.239 e. The molecule has 1 aromatic carbocycles. The van der Waals surface area contributed by atoms with E-state index in [0.717, 1.165) is 37.9 Å². The second kappa shape index (κ2) is 10.9. The summed E-state index contributed by atoms with van der Waals surface area (Å²) < 4.78 is 26.4. The molecule has 3 heterocycles. The van der Waals surface area contributed by atoms with Crippen LogP contribution in [0.5, 0.6) is 0 Å². The van der Waals surface area contributed by atoms with Gasteiger partial charge in [-0.15, -0.1) is 10.2 Å². The van der Waals surface area contributed by atoms with Crippen molar-refractivity contribution >= 4 is 23.5 Å². The van der Waals surface area contributed by atoms with Gasteiger partial charge in [-0.1, -0.05) is 36.7 Å². The number of benzene rings is 1. The van der Waals surface area contributed by atoms with E-state index in [1.165, 1.54) is 23.9 Å². The Morgan fingerprint density at radius 3 is 2.82 bits per heavy atom. The summed E-state index contributed by atoms with van der Waals surface area (Å²) in [5.41, 5.74) is 0.765. The number of aromatic nitrogens is 4. The van der Waals surface area contributed by atoms with Crippen LogP contribution in [0.15, 0.2) is 40.0 Å². The van der Waals surface area contributed by atoms with Gasteiger partial charge in [-0.25, -0.2) is 4.39 Å². The zero-order valence-corrected chi connectivity index (χ0v) is 19.6. The van der Waals surface area contributed by atoms with Crippen LogP contribution in [0.25, 0.3) is 11.4 Å². The second-order valence-electron chi connectivity index (χ2n) is 8.12. The first-order valence-corrected chi connectivity index (χ1v) is 12.1. The summed E-state index contributed by atoms with van der Waals surface area (Å²) in [4.78, 5) is 13.1. The quantitative estimate of drug-likeness (QED) is 0.421. The summed E-state index contributed by atoms with van der Waals surface area (Å²) >= 11 is 1.38. The number of carbonyl (C=O) groups excluding carboxylic acids is 1. The van der Waals surface area contributed by atoms with Gasteiger partial charge in [0.1, 0.15) is 11.6 Å². The lowest BCUT2D eigenvalue weighted by Gasteiger charge is -2.18. The number of nitrogens with zero attached hydrogens (tertiary/aromatic N) is 4. The molecule has 1 saturated heterocycles. The van der Waals surface area contributed by atoms with Crippen LogP contribution in [0.4, 0.5) is 10.2 Å². The molecule has 8 nitrogen and oxygen atoms in total. The number of thioether (sulfide) groups is 1. The van der Waals surface area contributed by atoms with Crippen LogP contribution in [0.3, 0.4) is 0 Å². The number of aryl methyl sites for hydroxylation is 1. The molecule has 0 saturated carbocycles. The highest BCUT2D eigenvalue weighted by molar-refractivity contribution is 8.00. The summed E-state index contributed by atoms with van der Waals surface area (Å²) in [6.45, 7) is 5.18. The minimum absolute atomic E-state index is 0.0561. The summed E-state index contributed by atoms with van der Waals surface area (Å²) in [6.07, 6.45) is 4.57. The predicted molar refractivity (Wildman–Crippen MR) is 123 cm³/mol. The molecule has 10 heteroatoms. The van der Waals surface area contributed by atoms with Gasteiger partial charge in [-0.05, 0) is 50.5 Å². The maximum atomic E-state index is 13.5. The zero-order chi connectivity index (χ0) is 23.2. The minimum Gasteiger partial charge on any atom is -0.376 e. The van der Waals surface area contributed by atoms with Gasteiger partial charge in [0.2, 0.25) is 5.91 Å². The Balaban J connectivity index is 1.60. The highest BCUT2D eigenvalue weighted by Crippen LogP contribution is 2.31. The molecule has 0 bridgehead atoms. The Morgan fingerprint density at radius 2 is 2.15 bits per heavy atom. The molecule has 1 aliphatic heterocycles. The summed E-state index contributed by atoms with van der Waals surface area (Å²) in [5.74, 6) is 1.19. The Hall–Kier alpha value is -2.72. The number of amides is 1. The smallest absolute Gasteiger partial charge is 0.239 e. The third kappa shape index (κ3) is 6.00. The van der Waals surface area contributed by atoms with Crippen molar-refractivity contribution in [1.82, 2.24) is 19.9 Å². The number of halogens is 1. The zero-order valence-electron chi connectivity index (χ0n) is 18.8. The third-order valence-electron chi connectivity index (χ3n) is 5.47. The molecule has 3 aromatic rings. The number of anilines is 1. The van der Waals surface area contributed by atoms with Crippen LogP contribution in [0.2, 0.25) is 0 Å². The molecule has 1 aliphatic rings. The Morgan fingerprint density at radius 1 is 1.33 bits per heavy atom. The molecule has 0 spiro atoms. The molecule has 176 valence electrons. The largest absolute Gasteiger partial charge is 0.376 e. The van der Waals surface area contributed by atoms with Crippen LogP contribution in [0, 0.1) is 12.7 Å². The van der Waals surface area contributed by atoms with Gasteiger partial charge in [-0.2, -0.15) is 0 Å². The fraction of sp³-hybridized carbons (Fsp3) is 0.478. The van der Waals surface area contributed by atoms with Crippen molar-refractivity contribution in [3.8, 4) is 11.4 Å². The van der Waals surface area contributed by atoms with E-state index in [0.29, 0.717) is 35.5 Å². The van der Waals surface area contributed by atoms with Gasteiger partial charge in [0, 0.05) is 18.2 Å². The lowest BCUT2D eigenvalue weighted by Crippen LogP contribution is -2.26. The number of rotatable bonds is 10. The topological polar surface area (TPSA) is 95.1 Å². The molecule has 2 atom stereocenters. The molecule has 0 aliphatic carbocycles. The lowest BCUT2D eigenvalue weighted by molar-refractivity contribution is -0.115. The van der Waals surface area contributed by atoms with Gasteiger partial charge in [0.15, 0.2) is 16.8 Å². The minimum atomic E-state index is -0.379. The standard InChI is InChI=1S/C23H28FN5O3S/c1-3-4-7-19(22(30)25-20-13-15(2)32-28-20)33-23-27-26-21(16-8-10-17(24)11-9-16)29(23)14-18-6-5-12-31-18/h8-11,13,18-19H,3-7,12,14H2,1-2H3,(H,25,28,30). The number of ether oxygens (including phenoxy) is 1. The highest BCUT2D eigenvalue weighted by atomic mass is 32.2. The molecular formula is C23H28FN5O3S. The van der Waals surface area contributed by atoms with Crippen molar-refractivity contribution in [2.24, 2.45) is 0 Å². The molecular weight excluding hydrogens is 445 g/mol. The summed E-state index contributed by atoms with van der Waals surface area (Å²) in [6, 6.07) is 7.88. The molecule has 4 rings (SSSR count). The summed E-state index contributed by atoms with van der Waals surface area (Å²) in [7, 11) is 0. The Labute approximate surface area is 196 Å². The van der Waals surface area contributed by atoms with Crippen LogP contribution in [-0.4, -0.2) is 43.8 Å². The van der Waals surface area contributed by atoms with E-state index in [1.54, 1.807) is 25.1 Å². The van der Waals surface area contributed by atoms with Crippen LogP contribution in [0.1, 0.15) is 44.8 Å². The molecule has 1 fully saturated rings. The van der Waals surface area contributed by atoms with Gasteiger partial charge in [-0.3, -0.25) is 9.36 Å². The summed E-state index contributed by atoms with van der Waals surface area (Å²) in [5, 5.41) is 15.8. The van der Waals surface area contributed by atoms with Gasteiger partial charge < -0.3 is 14.6 Å². The van der Waals surface area contributed by atoms with E-state index in [1.807, 2.05) is 4.57 Å². The second-order valence-corrected chi connectivity index (χ2v) is 9.29. The fourth-order valence-electron chi connectivity index (χ4n) is 3.74. The van der Waals surface area contributed by atoms with Crippen molar-refractivity contribution in [2.45, 2.75) is 69.0 Å². The van der Waals surface area contributed by atoms with Gasteiger partial charge in [0.25, 0.3) is 0 Å². The lowest BCUT2D eigenvalue weighted by atomic mass is 10.2. The van der Waals surface area contributed by atoms with E-state index in [2.05, 4.69) is 27.6 Å². The van der Waals surface area contributed by atoms with Crippen molar-refractivity contribution in [2.75, 3.05) is 11.9 Å². The monoisotopic (exact) mass is 473 g/mol. The van der Waals surface area contributed by atoms with Gasteiger partial charge >= 0.3 is 0 Å². The van der Waals surface area contributed by atoms with E-state index in [9.17, 15) is 9.18 Å². The highest BCUT2D eigenvalue weighted by Gasteiger charge is 2.27. The molecule has 0 radical (unpaired) electrons. The van der Waals surface area contributed by atoms with Crippen molar-refractivity contribution in [3.05, 3.63) is 41.9 Å². The third-order valence-corrected chi connectivity index (χ3v) is 6.72. The maximum absolute atomic E-state index is 13.5. The van der Waals surface area contributed by atoms with E-state index >= 15 is 0 Å². The molecule has 2 aromatic heterocycles. The number of hydrogen-bond acceptors (Lipinski definition) is 7. The van der Waals surface area contributed by atoms with E-state index in [-0.39, 0.29) is 23.1 Å². The first kappa shape index (κ1) is 23.4. The van der Waals surface area contributed by atoms with E-state index in [4.69, 9.17) is 9.26 Å². The first-order valence-electron chi connectivity index (χ1n) is 11.2. The molecule has 1 amide bonds. The Bertz CT molecular complexity index is 1060. The van der Waals surface area contributed by atoms with Crippen LogP contribution in [-0.2, 0) is 16.1 Å². The van der Waals surface area contributed by atoms with Crippen molar-refractivity contribution < 1.29 is 18.4 Å². The average molecular weight is 474 g/mol. The van der Waals surface area contributed by atoms with Crippen molar-refractivity contribution in [3.63, 3.8) is 0 Å². The van der Waals surface area contributed by atoms with Crippen molar-refractivity contribution in [1.29, 1.82) is 0 Å². The fourth-order valence-corrected chi connectivity index (χ4v) is 4.82. The van der Waals surface area contributed by atoms with Crippen LogP contribution >= 0.6 is 11.8 Å². The number of unbranched alkanes of at least 4 members (excludes halogenated alkanes) is 1. The SMILES string of the molecule is CCCCC(Sc1nnc(-c2ccc(F)cc2)n1CC1CCCO1)C(=O)Nc1cc(C)on1. The first-order chi connectivity index (χ1) is 16.0. The predicted octanol–water partition coefficient (Wildman–Crippen LogP) is 4.85.